The topological polar surface area (TPSA) is 216 Å². The predicted octanol–water partition coefficient (Wildman–Crippen LogP) is 3.44. The van der Waals surface area contributed by atoms with Crippen LogP contribution in [0.25, 0.3) is 0 Å². The van der Waals surface area contributed by atoms with E-state index < -0.39 is 79.3 Å². The lowest BCUT2D eigenvalue weighted by atomic mass is 9.91. The highest BCUT2D eigenvalue weighted by atomic mass is 32.2. The summed E-state index contributed by atoms with van der Waals surface area (Å²) in [7, 11) is -8.11. The average molecular weight is 719 g/mol. The van der Waals surface area contributed by atoms with Crippen LogP contribution in [0, 0.1) is 22.7 Å². The van der Waals surface area contributed by atoms with Crippen molar-refractivity contribution in [3.63, 3.8) is 0 Å². The van der Waals surface area contributed by atoms with E-state index in [4.69, 9.17) is 27.3 Å². The number of ether oxygens (including phenoxy) is 4. The summed E-state index contributed by atoms with van der Waals surface area (Å²) in [5, 5.41) is 4.99. The van der Waals surface area contributed by atoms with E-state index in [9.17, 15) is 36.0 Å². The van der Waals surface area contributed by atoms with Crippen LogP contribution in [0.2, 0.25) is 0 Å². The molecule has 0 saturated heterocycles. The van der Waals surface area contributed by atoms with Crippen molar-refractivity contribution in [1.29, 1.82) is 0 Å². The van der Waals surface area contributed by atoms with Gasteiger partial charge in [0.15, 0.2) is 0 Å². The maximum Gasteiger partial charge on any atom is 0.410 e. The van der Waals surface area contributed by atoms with E-state index in [2.05, 4.69) is 10.6 Å². The van der Waals surface area contributed by atoms with Crippen LogP contribution in [0.15, 0.2) is 0 Å². The van der Waals surface area contributed by atoms with Gasteiger partial charge in [0.05, 0.1) is 36.6 Å². The average Bonchev–Trinajstić information content (AvgIpc) is 2.90. The van der Waals surface area contributed by atoms with E-state index in [1.807, 2.05) is 0 Å². The summed E-state index contributed by atoms with van der Waals surface area (Å²) in [6, 6.07) is 0. The SMILES string of the molecule is CC(OC(=O)NCCC(C)(C)COS(=O)(=O)CCCS(=O)(=O)OCC(C)(C)CCNC(=O)OC(C)OC(=O)C(C)C)OC(=O)C(C)C. The van der Waals surface area contributed by atoms with E-state index in [1.54, 1.807) is 55.4 Å². The lowest BCUT2D eigenvalue weighted by molar-refractivity contribution is -0.169. The first kappa shape index (κ1) is 44.3. The fourth-order valence-electron chi connectivity index (χ4n) is 3.21. The number of amides is 2. The molecule has 0 heterocycles. The second kappa shape index (κ2) is 20.0. The van der Waals surface area contributed by atoms with Gasteiger partial charge in [0, 0.05) is 26.9 Å². The van der Waals surface area contributed by atoms with Crippen LogP contribution >= 0.6 is 0 Å². The maximum absolute atomic E-state index is 12.4. The molecule has 0 fully saturated rings. The summed E-state index contributed by atoms with van der Waals surface area (Å²) >= 11 is 0. The Labute approximate surface area is 279 Å². The number of carbonyl (C=O) groups excluding carboxylic acids is 4. The summed E-state index contributed by atoms with van der Waals surface area (Å²) in [5.41, 5.74) is -1.36. The molecule has 47 heavy (non-hydrogen) atoms. The lowest BCUT2D eigenvalue weighted by Gasteiger charge is -2.24. The molecule has 2 N–H and O–H groups in total. The zero-order chi connectivity index (χ0) is 36.6. The summed E-state index contributed by atoms with van der Waals surface area (Å²) in [4.78, 5) is 46.9. The Morgan fingerprint density at radius 3 is 1.19 bits per heavy atom. The second-order valence-electron chi connectivity index (χ2n) is 13.2. The molecule has 18 heteroatoms. The van der Waals surface area contributed by atoms with E-state index in [0.717, 1.165) is 0 Å². The van der Waals surface area contributed by atoms with Crippen molar-refractivity contribution in [3.05, 3.63) is 0 Å². The van der Waals surface area contributed by atoms with Gasteiger partial charge >= 0.3 is 24.1 Å². The quantitative estimate of drug-likeness (QED) is 0.0932. The van der Waals surface area contributed by atoms with E-state index >= 15 is 0 Å². The molecule has 0 aromatic rings. The van der Waals surface area contributed by atoms with Crippen molar-refractivity contribution in [2.45, 2.75) is 101 Å². The highest BCUT2D eigenvalue weighted by molar-refractivity contribution is 7.87. The molecule has 276 valence electrons. The molecule has 0 aliphatic carbocycles. The Morgan fingerprint density at radius 1 is 0.574 bits per heavy atom. The molecule has 0 aromatic heterocycles. The van der Waals surface area contributed by atoms with Gasteiger partial charge in [-0.3, -0.25) is 18.0 Å². The molecule has 0 aliphatic heterocycles. The van der Waals surface area contributed by atoms with Crippen LogP contribution in [-0.4, -0.2) is 91.3 Å². The van der Waals surface area contributed by atoms with Crippen LogP contribution in [0.5, 0.6) is 0 Å². The van der Waals surface area contributed by atoms with Crippen molar-refractivity contribution >= 4 is 44.4 Å². The number of nitrogens with one attached hydrogen (secondary N) is 2. The third-order valence-corrected chi connectivity index (χ3v) is 8.77. The molecule has 0 radical (unpaired) electrons. The molecule has 0 bridgehead atoms. The van der Waals surface area contributed by atoms with Gasteiger partial charge in [0.1, 0.15) is 0 Å². The first-order chi connectivity index (χ1) is 21.4. The molecule has 0 rings (SSSR count). The van der Waals surface area contributed by atoms with Crippen molar-refractivity contribution in [2.24, 2.45) is 22.7 Å². The van der Waals surface area contributed by atoms with Crippen molar-refractivity contribution in [1.82, 2.24) is 10.6 Å². The van der Waals surface area contributed by atoms with E-state index in [-0.39, 0.29) is 44.6 Å². The Balaban J connectivity index is 4.45. The molecule has 0 aromatic carbocycles. The minimum atomic E-state index is -4.06. The first-order valence-corrected chi connectivity index (χ1v) is 18.5. The molecule has 0 saturated carbocycles. The zero-order valence-electron chi connectivity index (χ0n) is 29.2. The van der Waals surface area contributed by atoms with E-state index in [0.29, 0.717) is 12.8 Å². The number of hydrogen-bond acceptors (Lipinski definition) is 14. The number of alkyl carbamates (subject to hydrolysis) is 2. The molecular formula is C29H54N2O14S2. The van der Waals surface area contributed by atoms with Gasteiger partial charge in [-0.15, -0.1) is 0 Å². The Kier molecular flexibility index (Phi) is 18.8. The first-order valence-electron chi connectivity index (χ1n) is 15.4. The Hall–Kier alpha value is -2.70. The third-order valence-electron chi connectivity index (χ3n) is 6.24. The molecule has 0 aliphatic rings. The van der Waals surface area contributed by atoms with Gasteiger partial charge in [0.2, 0.25) is 12.6 Å². The minimum absolute atomic E-state index is 0.126. The fourth-order valence-corrected chi connectivity index (χ4v) is 5.62. The fraction of sp³-hybridized carbons (Fsp3) is 0.862. The number of carbonyl (C=O) groups is 4. The zero-order valence-corrected chi connectivity index (χ0v) is 30.8. The van der Waals surface area contributed by atoms with Crippen molar-refractivity contribution in [3.8, 4) is 0 Å². The lowest BCUT2D eigenvalue weighted by Crippen LogP contribution is -2.34. The monoisotopic (exact) mass is 718 g/mol. The van der Waals surface area contributed by atoms with Gasteiger partial charge in [-0.05, 0) is 30.1 Å². The normalized spacial score (nSPS) is 13.9. The minimum Gasteiger partial charge on any atom is -0.425 e. The molecule has 0 spiro atoms. The number of rotatable bonds is 22. The third kappa shape index (κ3) is 22.5. The van der Waals surface area contributed by atoms with Crippen molar-refractivity contribution in [2.75, 3.05) is 37.8 Å². The molecule has 2 amide bonds. The van der Waals surface area contributed by atoms with Gasteiger partial charge in [0.25, 0.3) is 20.2 Å². The van der Waals surface area contributed by atoms with Crippen LogP contribution in [-0.2, 0) is 57.1 Å². The summed E-state index contributed by atoms with van der Waals surface area (Å²) in [6.07, 6.45) is -3.39. The Bertz CT molecular complexity index is 1140. The van der Waals surface area contributed by atoms with Crippen LogP contribution in [0.4, 0.5) is 9.59 Å². The standard InChI is InChI=1S/C29H54N2O14S2/c1-20(2)24(32)42-22(5)44-26(34)30-14-12-28(7,8)18-40-46(36,37)16-11-17-47(38,39)41-19-29(9,10)13-15-31-27(35)45-23(6)43-25(33)21(3)4/h20-23H,11-19H2,1-10H3,(H,30,34)(H,31,35). The van der Waals surface area contributed by atoms with Crippen LogP contribution in [0.1, 0.15) is 88.5 Å². The Morgan fingerprint density at radius 2 is 0.894 bits per heavy atom. The van der Waals surface area contributed by atoms with Gasteiger partial charge < -0.3 is 29.6 Å². The largest absolute Gasteiger partial charge is 0.425 e. The summed E-state index contributed by atoms with van der Waals surface area (Å²) in [6.45, 7) is 16.1. The maximum atomic E-state index is 12.4. The van der Waals surface area contributed by atoms with Gasteiger partial charge in [-0.1, -0.05) is 55.4 Å². The highest BCUT2D eigenvalue weighted by Gasteiger charge is 2.26. The molecule has 2 atom stereocenters. The number of esters is 2. The summed E-state index contributed by atoms with van der Waals surface area (Å²) in [5.74, 6) is -2.88. The smallest absolute Gasteiger partial charge is 0.410 e. The van der Waals surface area contributed by atoms with Crippen molar-refractivity contribution < 1.29 is 63.3 Å². The summed E-state index contributed by atoms with van der Waals surface area (Å²) < 4.78 is 79.5. The van der Waals surface area contributed by atoms with Crippen LogP contribution < -0.4 is 10.6 Å². The molecule has 16 nitrogen and oxygen atoms in total. The predicted molar refractivity (Wildman–Crippen MR) is 171 cm³/mol. The highest BCUT2D eigenvalue weighted by Crippen LogP contribution is 2.23. The van der Waals surface area contributed by atoms with Gasteiger partial charge in [-0.2, -0.15) is 16.8 Å². The van der Waals surface area contributed by atoms with Gasteiger partial charge in [-0.25, -0.2) is 9.59 Å². The molecule has 2 unspecified atom stereocenters. The molecular weight excluding hydrogens is 664 g/mol. The second-order valence-corrected chi connectivity index (χ2v) is 16.7. The van der Waals surface area contributed by atoms with Crippen LogP contribution in [0.3, 0.4) is 0 Å². The van der Waals surface area contributed by atoms with E-state index in [1.165, 1.54) is 13.8 Å². The number of hydrogen-bond donors (Lipinski definition) is 2.